The third kappa shape index (κ3) is 4.88. The number of nitrogens with zero attached hydrogens (tertiary/aromatic N) is 3. The number of anilines is 2. The minimum absolute atomic E-state index is 0.0905. The number of hydrogen-bond donors (Lipinski definition) is 3. The maximum atomic E-state index is 13.2. The summed E-state index contributed by atoms with van der Waals surface area (Å²) < 4.78 is 28.9. The van der Waals surface area contributed by atoms with Gasteiger partial charge in [-0.1, -0.05) is 42.5 Å². The fourth-order valence-corrected chi connectivity index (χ4v) is 5.14. The van der Waals surface area contributed by atoms with Crippen molar-refractivity contribution in [2.45, 2.75) is 18.4 Å². The SMILES string of the molecule is Cc1ccc(-c2nnc(Nc3ccc(O)cc3)c3ccccc23)cc1S(=O)(=O)NCc1ccccn1. The standard InChI is InChI=1S/C27H23N5O3S/c1-18-9-10-19(16-25(18)36(34,35)29-17-21-6-4-5-15-28-21)26-23-7-2-3-8-24(23)27(32-31-26)30-20-11-13-22(33)14-12-20/h2-16,29,33H,17H2,1H3,(H,30,32). The molecule has 8 nitrogen and oxygen atoms in total. The molecule has 0 fully saturated rings. The average molecular weight is 498 g/mol. The van der Waals surface area contributed by atoms with E-state index in [1.54, 1.807) is 61.7 Å². The van der Waals surface area contributed by atoms with Crippen molar-refractivity contribution in [2.75, 3.05) is 5.32 Å². The lowest BCUT2D eigenvalue weighted by Crippen LogP contribution is -2.24. The van der Waals surface area contributed by atoms with Crippen LogP contribution in [0.5, 0.6) is 5.75 Å². The van der Waals surface area contributed by atoms with E-state index in [9.17, 15) is 13.5 Å². The van der Waals surface area contributed by atoms with Crippen molar-refractivity contribution in [1.29, 1.82) is 0 Å². The number of hydrogen-bond acceptors (Lipinski definition) is 7. The summed E-state index contributed by atoms with van der Waals surface area (Å²) in [6.07, 6.45) is 1.62. The summed E-state index contributed by atoms with van der Waals surface area (Å²) in [6, 6.07) is 24.9. The van der Waals surface area contributed by atoms with E-state index in [2.05, 4.69) is 25.2 Å². The zero-order valence-corrected chi connectivity index (χ0v) is 20.2. The number of benzene rings is 3. The molecule has 0 amide bonds. The monoisotopic (exact) mass is 497 g/mol. The van der Waals surface area contributed by atoms with Crippen LogP contribution in [0.3, 0.4) is 0 Å². The largest absolute Gasteiger partial charge is 0.508 e. The highest BCUT2D eigenvalue weighted by molar-refractivity contribution is 7.89. The number of aromatic nitrogens is 3. The smallest absolute Gasteiger partial charge is 0.241 e. The molecule has 0 saturated carbocycles. The van der Waals surface area contributed by atoms with E-state index in [0.717, 1.165) is 16.5 Å². The lowest BCUT2D eigenvalue weighted by molar-refractivity contribution is 0.475. The molecule has 180 valence electrons. The van der Waals surface area contributed by atoms with Crippen LogP contribution in [0.4, 0.5) is 11.5 Å². The molecule has 0 unspecified atom stereocenters. The Balaban J connectivity index is 1.51. The lowest BCUT2D eigenvalue weighted by atomic mass is 10.0. The van der Waals surface area contributed by atoms with E-state index < -0.39 is 10.0 Å². The molecule has 0 aliphatic carbocycles. The summed E-state index contributed by atoms with van der Waals surface area (Å²) in [7, 11) is -3.80. The molecule has 36 heavy (non-hydrogen) atoms. The molecular formula is C27H23N5O3S. The van der Waals surface area contributed by atoms with Crippen LogP contribution in [0, 0.1) is 6.92 Å². The Morgan fingerprint density at radius 3 is 2.36 bits per heavy atom. The Morgan fingerprint density at radius 2 is 1.61 bits per heavy atom. The van der Waals surface area contributed by atoms with Crippen LogP contribution in [0.15, 0.2) is 96.0 Å². The summed E-state index contributed by atoms with van der Waals surface area (Å²) in [5, 5.41) is 23.3. The quantitative estimate of drug-likeness (QED) is 0.273. The molecule has 0 aliphatic heterocycles. The van der Waals surface area contributed by atoms with E-state index in [1.165, 1.54) is 0 Å². The molecule has 5 rings (SSSR count). The van der Waals surface area contributed by atoms with Crippen LogP contribution >= 0.6 is 0 Å². The first kappa shape index (κ1) is 23.4. The van der Waals surface area contributed by atoms with Crippen LogP contribution in [-0.4, -0.2) is 28.7 Å². The topological polar surface area (TPSA) is 117 Å². The zero-order chi connectivity index (χ0) is 25.1. The summed E-state index contributed by atoms with van der Waals surface area (Å²) in [5.41, 5.74) is 3.21. The molecular weight excluding hydrogens is 474 g/mol. The van der Waals surface area contributed by atoms with Gasteiger partial charge in [-0.2, -0.15) is 0 Å². The molecule has 3 N–H and O–H groups in total. The maximum Gasteiger partial charge on any atom is 0.241 e. The number of rotatable bonds is 7. The summed E-state index contributed by atoms with van der Waals surface area (Å²) in [6.45, 7) is 1.85. The maximum absolute atomic E-state index is 13.2. The van der Waals surface area contributed by atoms with Gasteiger partial charge in [-0.25, -0.2) is 13.1 Å². The summed E-state index contributed by atoms with van der Waals surface area (Å²) in [5.74, 6) is 0.725. The number of nitrogens with one attached hydrogen (secondary N) is 2. The fraction of sp³-hybridized carbons (Fsp3) is 0.0741. The fourth-order valence-electron chi connectivity index (χ4n) is 3.88. The molecule has 0 radical (unpaired) electrons. The van der Waals surface area contributed by atoms with Crippen molar-refractivity contribution in [2.24, 2.45) is 0 Å². The van der Waals surface area contributed by atoms with Crippen molar-refractivity contribution in [3.63, 3.8) is 0 Å². The molecule has 2 heterocycles. The van der Waals surface area contributed by atoms with Gasteiger partial charge in [0.15, 0.2) is 5.82 Å². The zero-order valence-electron chi connectivity index (χ0n) is 19.4. The average Bonchev–Trinajstić information content (AvgIpc) is 2.90. The first-order valence-electron chi connectivity index (χ1n) is 11.2. The van der Waals surface area contributed by atoms with Gasteiger partial charge < -0.3 is 10.4 Å². The van der Waals surface area contributed by atoms with Crippen LogP contribution in [0.25, 0.3) is 22.0 Å². The van der Waals surface area contributed by atoms with Gasteiger partial charge in [0.2, 0.25) is 10.0 Å². The lowest BCUT2D eigenvalue weighted by Gasteiger charge is -2.13. The second-order valence-electron chi connectivity index (χ2n) is 8.24. The third-order valence-corrected chi connectivity index (χ3v) is 7.28. The van der Waals surface area contributed by atoms with Gasteiger partial charge in [-0.3, -0.25) is 4.98 Å². The Hall–Kier alpha value is -4.34. The second kappa shape index (κ2) is 9.73. The number of aromatic hydroxyl groups is 1. The van der Waals surface area contributed by atoms with E-state index >= 15 is 0 Å². The normalized spacial score (nSPS) is 11.5. The first-order chi connectivity index (χ1) is 17.4. The molecule has 0 saturated heterocycles. The molecule has 3 aromatic carbocycles. The van der Waals surface area contributed by atoms with E-state index in [-0.39, 0.29) is 17.2 Å². The van der Waals surface area contributed by atoms with E-state index in [1.807, 2.05) is 36.4 Å². The predicted octanol–water partition coefficient (Wildman–Crippen LogP) is 4.93. The first-order valence-corrected chi connectivity index (χ1v) is 12.7. The van der Waals surface area contributed by atoms with Gasteiger partial charge in [0.05, 0.1) is 17.1 Å². The number of aryl methyl sites for hydroxylation is 1. The summed E-state index contributed by atoms with van der Waals surface area (Å²) >= 11 is 0. The molecule has 0 aliphatic rings. The minimum atomic E-state index is -3.80. The van der Waals surface area contributed by atoms with Crippen LogP contribution in [0.1, 0.15) is 11.3 Å². The Bertz CT molecular complexity index is 1640. The van der Waals surface area contributed by atoms with Gasteiger partial charge in [-0.15, -0.1) is 10.2 Å². The van der Waals surface area contributed by atoms with Crippen molar-refractivity contribution >= 4 is 32.3 Å². The van der Waals surface area contributed by atoms with Gasteiger partial charge in [0, 0.05) is 28.2 Å². The molecule has 2 aromatic heterocycles. The number of sulfonamides is 1. The predicted molar refractivity (Wildman–Crippen MR) is 139 cm³/mol. The van der Waals surface area contributed by atoms with Crippen molar-refractivity contribution < 1.29 is 13.5 Å². The van der Waals surface area contributed by atoms with Gasteiger partial charge >= 0.3 is 0 Å². The van der Waals surface area contributed by atoms with Crippen LogP contribution in [0.2, 0.25) is 0 Å². The Morgan fingerprint density at radius 1 is 0.861 bits per heavy atom. The van der Waals surface area contributed by atoms with Crippen molar-refractivity contribution in [3.8, 4) is 17.0 Å². The molecule has 0 spiro atoms. The molecule has 9 heteroatoms. The minimum Gasteiger partial charge on any atom is -0.508 e. The highest BCUT2D eigenvalue weighted by atomic mass is 32.2. The van der Waals surface area contributed by atoms with Crippen molar-refractivity contribution in [3.05, 3.63) is 102 Å². The third-order valence-electron chi connectivity index (χ3n) is 5.74. The second-order valence-corrected chi connectivity index (χ2v) is 9.98. The van der Waals surface area contributed by atoms with Gasteiger partial charge in [0.25, 0.3) is 0 Å². The van der Waals surface area contributed by atoms with Crippen molar-refractivity contribution in [1.82, 2.24) is 19.9 Å². The van der Waals surface area contributed by atoms with Gasteiger partial charge in [-0.05, 0) is 55.0 Å². The molecule has 0 bridgehead atoms. The number of phenolic OH excluding ortho intramolecular Hbond substituents is 1. The summed E-state index contributed by atoms with van der Waals surface area (Å²) in [4.78, 5) is 4.35. The number of fused-ring (bicyclic) bond motifs is 1. The molecule has 0 atom stereocenters. The number of phenols is 1. The highest BCUT2D eigenvalue weighted by Crippen LogP contribution is 2.33. The Labute approximate surface area is 208 Å². The Kier molecular flexibility index (Phi) is 6.32. The van der Waals surface area contributed by atoms with Gasteiger partial charge in [0.1, 0.15) is 11.4 Å². The highest BCUT2D eigenvalue weighted by Gasteiger charge is 2.19. The van der Waals surface area contributed by atoms with E-state index in [0.29, 0.717) is 28.3 Å². The molecule has 5 aromatic rings. The van der Waals surface area contributed by atoms with E-state index in [4.69, 9.17) is 0 Å². The number of pyridine rings is 1. The van der Waals surface area contributed by atoms with Crippen LogP contribution < -0.4 is 10.0 Å². The van der Waals surface area contributed by atoms with Crippen LogP contribution in [-0.2, 0) is 16.6 Å².